The van der Waals surface area contributed by atoms with Crippen LogP contribution in [-0.2, 0) is 0 Å². The normalized spacial score (nSPS) is 10.2. The molecular weight excluding hydrogens is 454 g/mol. The van der Waals surface area contributed by atoms with Crippen molar-refractivity contribution in [3.63, 3.8) is 0 Å². The summed E-state index contributed by atoms with van der Waals surface area (Å²) in [5, 5.41) is 51.1. The molecule has 0 saturated heterocycles. The van der Waals surface area contributed by atoms with E-state index in [-0.39, 0.29) is 5.69 Å². The van der Waals surface area contributed by atoms with E-state index in [0.29, 0.717) is 23.4 Å². The summed E-state index contributed by atoms with van der Waals surface area (Å²) in [5.41, 5.74) is 4.47. The first kappa shape index (κ1) is 24.9. The van der Waals surface area contributed by atoms with Crippen LogP contribution in [0, 0.1) is 40.5 Å². The monoisotopic (exact) mass is 469 g/mol. The topological polar surface area (TPSA) is 219 Å². The molecular formula is C20H15N5O9. The summed E-state index contributed by atoms with van der Waals surface area (Å²) >= 11 is 0. The Morgan fingerprint density at radius 1 is 0.676 bits per heavy atom. The quantitative estimate of drug-likeness (QED) is 0.223. The molecule has 14 heteroatoms. The van der Waals surface area contributed by atoms with Crippen LogP contribution in [0.3, 0.4) is 0 Å². The van der Waals surface area contributed by atoms with Crippen molar-refractivity contribution in [3.05, 3.63) is 112 Å². The number of benzene rings is 3. The molecule has 3 N–H and O–H groups in total. The molecule has 0 aliphatic rings. The summed E-state index contributed by atoms with van der Waals surface area (Å²) in [4.78, 5) is 38.2. The first-order chi connectivity index (χ1) is 16.0. The summed E-state index contributed by atoms with van der Waals surface area (Å²) in [6.07, 6.45) is 3.55. The molecule has 0 aliphatic carbocycles. The highest BCUT2D eigenvalue weighted by Crippen LogP contribution is 2.39. The van der Waals surface area contributed by atoms with Crippen LogP contribution in [0.1, 0.15) is 11.1 Å². The highest BCUT2D eigenvalue weighted by Gasteiger charge is 2.30. The lowest BCUT2D eigenvalue weighted by Crippen LogP contribution is -1.97. The standard InChI is InChI=1S/C14H12N2O2.C6H3N3O7/c15-13-9-8-12(14(10-13)16(17)18)7-6-11-4-2-1-3-5-11;10-6-4(8(13)14)1-3(7(11)12)2-5(6)9(15)16/h1-10H,15H2;1-2,10H/b7-6+;. The second-order valence-corrected chi connectivity index (χ2v) is 6.42. The number of rotatable bonds is 6. The second kappa shape index (κ2) is 10.8. The van der Waals surface area contributed by atoms with Crippen LogP contribution < -0.4 is 5.73 Å². The molecule has 3 rings (SSSR count). The molecule has 0 aliphatic heterocycles. The SMILES string of the molecule is Nc1ccc(/C=C/c2ccccc2)c([N+](=O)[O-])c1.O=[N+]([O-])c1cc([N+](=O)[O-])c(O)c([N+](=O)[O-])c1. The molecule has 0 heterocycles. The Hall–Kier alpha value is -5.40. The van der Waals surface area contributed by atoms with Crippen molar-refractivity contribution < 1.29 is 24.8 Å². The third-order valence-corrected chi connectivity index (χ3v) is 4.16. The van der Waals surface area contributed by atoms with E-state index in [1.807, 2.05) is 36.4 Å². The minimum absolute atomic E-state index is 0.0159. The van der Waals surface area contributed by atoms with Gasteiger partial charge in [0.2, 0.25) is 0 Å². The number of nitro benzene ring substituents is 4. The number of nitrogens with two attached hydrogens (primary N) is 1. The van der Waals surface area contributed by atoms with Crippen molar-refractivity contribution in [2.75, 3.05) is 5.73 Å². The molecule has 0 saturated carbocycles. The number of aromatic hydroxyl groups is 1. The van der Waals surface area contributed by atoms with Gasteiger partial charge in [-0.1, -0.05) is 36.4 Å². The number of hydrogen-bond donors (Lipinski definition) is 2. The van der Waals surface area contributed by atoms with Gasteiger partial charge in [0, 0.05) is 11.8 Å². The van der Waals surface area contributed by atoms with Crippen LogP contribution in [0.25, 0.3) is 12.2 Å². The van der Waals surface area contributed by atoms with Gasteiger partial charge in [0.1, 0.15) is 0 Å². The van der Waals surface area contributed by atoms with Crippen LogP contribution in [0.2, 0.25) is 0 Å². The predicted molar refractivity (Wildman–Crippen MR) is 121 cm³/mol. The lowest BCUT2D eigenvalue weighted by molar-refractivity contribution is -0.404. The maximum atomic E-state index is 10.9. The van der Waals surface area contributed by atoms with E-state index in [4.69, 9.17) is 10.8 Å². The van der Waals surface area contributed by atoms with Gasteiger partial charge in [-0.15, -0.1) is 0 Å². The highest BCUT2D eigenvalue weighted by molar-refractivity contribution is 5.75. The van der Waals surface area contributed by atoms with Crippen LogP contribution in [0.5, 0.6) is 5.75 Å². The number of phenols is 1. The molecule has 14 nitrogen and oxygen atoms in total. The van der Waals surface area contributed by atoms with Crippen molar-refractivity contribution >= 4 is 40.6 Å². The maximum absolute atomic E-state index is 10.9. The molecule has 174 valence electrons. The van der Waals surface area contributed by atoms with E-state index in [2.05, 4.69) is 0 Å². The number of non-ortho nitro benzene ring substituents is 1. The largest absolute Gasteiger partial charge is 0.497 e. The summed E-state index contributed by atoms with van der Waals surface area (Å²) < 4.78 is 0. The zero-order chi connectivity index (χ0) is 25.4. The Kier molecular flexibility index (Phi) is 7.87. The maximum Gasteiger partial charge on any atom is 0.324 e. The van der Waals surface area contributed by atoms with Crippen molar-refractivity contribution in [2.24, 2.45) is 0 Å². The van der Waals surface area contributed by atoms with Gasteiger partial charge >= 0.3 is 11.4 Å². The second-order valence-electron chi connectivity index (χ2n) is 6.42. The number of hydrogen-bond acceptors (Lipinski definition) is 10. The predicted octanol–water partition coefficient (Wildman–Crippen LogP) is 4.46. The minimum Gasteiger partial charge on any atom is -0.497 e. The lowest BCUT2D eigenvalue weighted by Gasteiger charge is -1.99. The fraction of sp³-hybridized carbons (Fsp3) is 0. The van der Waals surface area contributed by atoms with Crippen molar-refractivity contribution in [3.8, 4) is 5.75 Å². The van der Waals surface area contributed by atoms with Gasteiger partial charge in [0.25, 0.3) is 17.1 Å². The number of anilines is 1. The number of nitrogen functional groups attached to an aromatic ring is 1. The third-order valence-electron chi connectivity index (χ3n) is 4.16. The molecule has 0 amide bonds. The summed E-state index contributed by atoms with van der Waals surface area (Å²) in [5.74, 6) is -1.21. The van der Waals surface area contributed by atoms with Gasteiger partial charge in [-0.05, 0) is 23.8 Å². The Morgan fingerprint density at radius 2 is 1.21 bits per heavy atom. The van der Waals surface area contributed by atoms with Gasteiger partial charge in [-0.25, -0.2) is 0 Å². The average Bonchev–Trinajstić information content (AvgIpc) is 2.78. The van der Waals surface area contributed by atoms with Gasteiger partial charge in [0.05, 0.1) is 37.4 Å². The molecule has 34 heavy (non-hydrogen) atoms. The van der Waals surface area contributed by atoms with Gasteiger partial charge in [-0.2, -0.15) is 0 Å². The minimum atomic E-state index is -1.21. The van der Waals surface area contributed by atoms with E-state index in [1.165, 1.54) is 6.07 Å². The van der Waals surface area contributed by atoms with E-state index < -0.39 is 42.5 Å². The Bertz CT molecular complexity index is 1260. The van der Waals surface area contributed by atoms with Crippen molar-refractivity contribution in [2.45, 2.75) is 0 Å². The Labute approximate surface area is 189 Å². The zero-order valence-electron chi connectivity index (χ0n) is 17.0. The van der Waals surface area contributed by atoms with Crippen LogP contribution in [0.4, 0.5) is 28.4 Å². The fourth-order valence-corrected chi connectivity index (χ4v) is 2.58. The average molecular weight is 469 g/mol. The number of nitro groups is 4. The smallest absolute Gasteiger partial charge is 0.324 e. The first-order valence-corrected chi connectivity index (χ1v) is 9.08. The van der Waals surface area contributed by atoms with Gasteiger partial charge < -0.3 is 10.8 Å². The van der Waals surface area contributed by atoms with E-state index in [1.54, 1.807) is 18.2 Å². The molecule has 0 bridgehead atoms. The number of nitrogens with zero attached hydrogens (tertiary/aromatic N) is 4. The zero-order valence-corrected chi connectivity index (χ0v) is 17.0. The van der Waals surface area contributed by atoms with Crippen LogP contribution >= 0.6 is 0 Å². The molecule has 0 radical (unpaired) electrons. The summed E-state index contributed by atoms with van der Waals surface area (Å²) in [6.45, 7) is 0. The van der Waals surface area contributed by atoms with E-state index in [9.17, 15) is 40.5 Å². The molecule has 3 aromatic rings. The Morgan fingerprint density at radius 3 is 1.68 bits per heavy atom. The molecule has 0 atom stereocenters. The molecule has 3 aromatic carbocycles. The van der Waals surface area contributed by atoms with E-state index in [0.717, 1.165) is 5.56 Å². The lowest BCUT2D eigenvalue weighted by atomic mass is 10.1. The Balaban J connectivity index is 0.000000242. The van der Waals surface area contributed by atoms with Crippen LogP contribution in [-0.4, -0.2) is 24.8 Å². The first-order valence-electron chi connectivity index (χ1n) is 9.08. The van der Waals surface area contributed by atoms with Crippen molar-refractivity contribution in [1.29, 1.82) is 0 Å². The number of phenolic OH excluding ortho intramolecular Hbond substituents is 1. The molecule has 0 spiro atoms. The molecule has 0 aromatic heterocycles. The summed E-state index contributed by atoms with van der Waals surface area (Å²) in [7, 11) is 0. The molecule has 0 fully saturated rings. The van der Waals surface area contributed by atoms with Crippen molar-refractivity contribution in [1.82, 2.24) is 0 Å². The molecule has 0 unspecified atom stereocenters. The third kappa shape index (κ3) is 6.30. The van der Waals surface area contributed by atoms with Gasteiger partial charge in [0.15, 0.2) is 0 Å². The highest BCUT2D eigenvalue weighted by atomic mass is 16.6. The summed E-state index contributed by atoms with van der Waals surface area (Å²) in [6, 6.07) is 15.2. The van der Waals surface area contributed by atoms with Crippen LogP contribution in [0.15, 0.2) is 60.7 Å². The van der Waals surface area contributed by atoms with Gasteiger partial charge in [-0.3, -0.25) is 40.5 Å². The fourth-order valence-electron chi connectivity index (χ4n) is 2.58. The van der Waals surface area contributed by atoms with E-state index >= 15 is 0 Å².